The molecule has 7 nitrogen and oxygen atoms in total. The van der Waals surface area contributed by atoms with Crippen LogP contribution in [-0.4, -0.2) is 37.0 Å². The van der Waals surface area contributed by atoms with E-state index in [2.05, 4.69) is 25.8 Å². The molecular weight excluding hydrogens is 350 g/mol. The lowest BCUT2D eigenvalue weighted by Crippen LogP contribution is -2.23. The van der Waals surface area contributed by atoms with Crippen LogP contribution in [0.4, 0.5) is 8.78 Å². The lowest BCUT2D eigenvalue weighted by molar-refractivity contribution is 0.0941. The van der Waals surface area contributed by atoms with E-state index < -0.39 is 17.9 Å². The van der Waals surface area contributed by atoms with Crippen molar-refractivity contribution in [3.8, 4) is 10.6 Å². The predicted octanol–water partition coefficient (Wildman–Crippen LogP) is 2.31. The Hall–Kier alpha value is -2.75. The fraction of sp³-hybridized carbons (Fsp3) is 0.267. The van der Waals surface area contributed by atoms with Crippen LogP contribution in [0.1, 0.15) is 28.0 Å². The molecule has 1 unspecified atom stereocenters. The minimum Gasteiger partial charge on any atom is -0.344 e. The Bertz CT molecular complexity index is 910. The van der Waals surface area contributed by atoms with Crippen LogP contribution in [0.3, 0.4) is 0 Å². The van der Waals surface area contributed by atoms with E-state index in [9.17, 15) is 13.6 Å². The Morgan fingerprint density at radius 3 is 2.76 bits per heavy atom. The van der Waals surface area contributed by atoms with Crippen LogP contribution < -0.4 is 5.32 Å². The molecule has 25 heavy (non-hydrogen) atoms. The van der Waals surface area contributed by atoms with Gasteiger partial charge in [-0.25, -0.2) is 13.5 Å². The SMILES string of the molecule is O=C(NCc1nnc(-c2ccccc2)s1)c1cn(C2CC2(F)F)nn1. The Labute approximate surface area is 144 Å². The van der Waals surface area contributed by atoms with Gasteiger partial charge in [-0.2, -0.15) is 0 Å². The Morgan fingerprint density at radius 1 is 1.28 bits per heavy atom. The van der Waals surface area contributed by atoms with Crippen LogP contribution in [-0.2, 0) is 6.54 Å². The van der Waals surface area contributed by atoms with Crippen LogP contribution in [0.25, 0.3) is 10.6 Å². The summed E-state index contributed by atoms with van der Waals surface area (Å²) in [4.78, 5) is 12.1. The Morgan fingerprint density at radius 2 is 2.04 bits per heavy atom. The summed E-state index contributed by atoms with van der Waals surface area (Å²) in [7, 11) is 0. The molecule has 3 aromatic rings. The van der Waals surface area contributed by atoms with Gasteiger partial charge in [0.2, 0.25) is 0 Å². The van der Waals surface area contributed by atoms with Gasteiger partial charge in [-0.3, -0.25) is 4.79 Å². The molecule has 1 N–H and O–H groups in total. The summed E-state index contributed by atoms with van der Waals surface area (Å²) in [5.74, 6) is -3.26. The number of carbonyl (C=O) groups excluding carboxylic acids is 1. The first-order valence-electron chi connectivity index (χ1n) is 7.48. The number of halogens is 2. The average Bonchev–Trinajstić information content (AvgIpc) is 3.06. The highest BCUT2D eigenvalue weighted by atomic mass is 32.1. The number of amides is 1. The van der Waals surface area contributed by atoms with Crippen molar-refractivity contribution in [3.05, 3.63) is 47.2 Å². The molecule has 1 aromatic carbocycles. The smallest absolute Gasteiger partial charge is 0.273 e. The predicted molar refractivity (Wildman–Crippen MR) is 85.1 cm³/mol. The van der Waals surface area contributed by atoms with Gasteiger partial charge in [-0.15, -0.1) is 15.3 Å². The average molecular weight is 362 g/mol. The van der Waals surface area contributed by atoms with Gasteiger partial charge < -0.3 is 5.32 Å². The first-order valence-corrected chi connectivity index (χ1v) is 8.30. The summed E-state index contributed by atoms with van der Waals surface area (Å²) in [6, 6.07) is 8.58. The maximum atomic E-state index is 13.0. The van der Waals surface area contributed by atoms with Crippen LogP contribution in [0, 0.1) is 0 Å². The molecule has 128 valence electrons. The molecule has 0 saturated heterocycles. The minimum absolute atomic E-state index is 0.00417. The second-order valence-electron chi connectivity index (χ2n) is 5.61. The molecule has 4 rings (SSSR count). The highest BCUT2D eigenvalue weighted by molar-refractivity contribution is 7.14. The lowest BCUT2D eigenvalue weighted by atomic mass is 10.2. The van der Waals surface area contributed by atoms with Gasteiger partial charge in [0.15, 0.2) is 5.69 Å². The fourth-order valence-corrected chi connectivity index (χ4v) is 3.07. The van der Waals surface area contributed by atoms with E-state index in [1.165, 1.54) is 17.5 Å². The van der Waals surface area contributed by atoms with E-state index in [0.29, 0.717) is 5.01 Å². The normalized spacial score (nSPS) is 18.1. The van der Waals surface area contributed by atoms with Crippen LogP contribution in [0.15, 0.2) is 36.5 Å². The van der Waals surface area contributed by atoms with Gasteiger partial charge in [0.25, 0.3) is 11.8 Å². The third-order valence-electron chi connectivity index (χ3n) is 3.74. The Kier molecular flexibility index (Phi) is 3.75. The quantitative estimate of drug-likeness (QED) is 0.753. The van der Waals surface area contributed by atoms with Crippen molar-refractivity contribution in [1.29, 1.82) is 0 Å². The minimum atomic E-state index is -2.76. The molecule has 1 amide bonds. The van der Waals surface area contributed by atoms with E-state index >= 15 is 0 Å². The third-order valence-corrected chi connectivity index (χ3v) is 4.72. The van der Waals surface area contributed by atoms with E-state index in [1.807, 2.05) is 30.3 Å². The zero-order valence-electron chi connectivity index (χ0n) is 12.8. The van der Waals surface area contributed by atoms with Gasteiger partial charge in [0.05, 0.1) is 12.7 Å². The van der Waals surface area contributed by atoms with E-state index in [1.54, 1.807) is 0 Å². The van der Waals surface area contributed by atoms with Crippen molar-refractivity contribution in [1.82, 2.24) is 30.5 Å². The molecule has 1 saturated carbocycles. The fourth-order valence-electron chi connectivity index (χ4n) is 2.29. The molecule has 2 aromatic heterocycles. The van der Waals surface area contributed by atoms with Crippen molar-refractivity contribution >= 4 is 17.2 Å². The van der Waals surface area contributed by atoms with Crippen molar-refractivity contribution < 1.29 is 13.6 Å². The first-order chi connectivity index (χ1) is 12.0. The van der Waals surface area contributed by atoms with E-state index in [0.717, 1.165) is 15.3 Å². The molecular formula is C15H12F2N6OS. The maximum Gasteiger partial charge on any atom is 0.273 e. The number of rotatable bonds is 5. The van der Waals surface area contributed by atoms with Crippen LogP contribution in [0.2, 0.25) is 0 Å². The number of hydrogen-bond acceptors (Lipinski definition) is 6. The van der Waals surface area contributed by atoms with Gasteiger partial charge in [0, 0.05) is 12.0 Å². The highest BCUT2D eigenvalue weighted by Gasteiger charge is 2.59. The molecule has 1 aliphatic carbocycles. The first kappa shape index (κ1) is 15.8. The summed E-state index contributed by atoms with van der Waals surface area (Å²) in [5, 5.41) is 19.4. The zero-order valence-corrected chi connectivity index (χ0v) is 13.6. The largest absolute Gasteiger partial charge is 0.344 e. The third kappa shape index (κ3) is 3.25. The molecule has 10 heteroatoms. The second kappa shape index (κ2) is 5.96. The standard InChI is InChI=1S/C15H12F2N6OS/c16-15(17)6-11(15)23-8-10(19-22-23)13(24)18-7-12-20-21-14(25-12)9-4-2-1-3-5-9/h1-5,8,11H,6-7H2,(H,18,24). The monoisotopic (exact) mass is 362 g/mol. The second-order valence-corrected chi connectivity index (χ2v) is 6.68. The van der Waals surface area contributed by atoms with Crippen molar-refractivity contribution in [2.75, 3.05) is 0 Å². The summed E-state index contributed by atoms with van der Waals surface area (Å²) in [6.45, 7) is 0.176. The number of alkyl halides is 2. The number of carbonyl (C=O) groups is 1. The van der Waals surface area contributed by atoms with E-state index in [-0.39, 0.29) is 18.7 Å². The summed E-state index contributed by atoms with van der Waals surface area (Å²) >= 11 is 1.37. The van der Waals surface area contributed by atoms with Gasteiger partial charge >= 0.3 is 0 Å². The maximum absolute atomic E-state index is 13.0. The van der Waals surface area contributed by atoms with E-state index in [4.69, 9.17) is 0 Å². The number of nitrogens with zero attached hydrogens (tertiary/aromatic N) is 5. The molecule has 1 aliphatic rings. The van der Waals surface area contributed by atoms with Crippen LogP contribution >= 0.6 is 11.3 Å². The molecule has 1 atom stereocenters. The van der Waals surface area contributed by atoms with Crippen molar-refractivity contribution in [2.45, 2.75) is 24.9 Å². The number of aromatic nitrogens is 5. The number of hydrogen-bond donors (Lipinski definition) is 1. The summed E-state index contributed by atoms with van der Waals surface area (Å²) in [5.41, 5.74) is 0.946. The highest BCUT2D eigenvalue weighted by Crippen LogP contribution is 2.51. The van der Waals surface area contributed by atoms with Crippen molar-refractivity contribution in [2.24, 2.45) is 0 Å². The van der Waals surface area contributed by atoms with Crippen molar-refractivity contribution in [3.63, 3.8) is 0 Å². The molecule has 2 heterocycles. The number of nitrogens with one attached hydrogen (secondary N) is 1. The Balaban J connectivity index is 1.37. The summed E-state index contributed by atoms with van der Waals surface area (Å²) in [6.07, 6.45) is 0.959. The lowest BCUT2D eigenvalue weighted by Gasteiger charge is -1.98. The molecule has 0 spiro atoms. The molecule has 0 radical (unpaired) electrons. The number of benzene rings is 1. The molecule has 0 aliphatic heterocycles. The van der Waals surface area contributed by atoms with Crippen LogP contribution in [0.5, 0.6) is 0 Å². The molecule has 1 fully saturated rings. The summed E-state index contributed by atoms with van der Waals surface area (Å²) < 4.78 is 27.0. The molecule has 0 bridgehead atoms. The van der Waals surface area contributed by atoms with Gasteiger partial charge in [-0.1, -0.05) is 46.9 Å². The van der Waals surface area contributed by atoms with Gasteiger partial charge in [0.1, 0.15) is 16.1 Å². The topological polar surface area (TPSA) is 85.6 Å². The van der Waals surface area contributed by atoms with Gasteiger partial charge in [-0.05, 0) is 0 Å². The zero-order chi connectivity index (χ0) is 17.4.